The van der Waals surface area contributed by atoms with E-state index in [0.717, 1.165) is 109 Å². The number of rotatable bonds is 2. The van der Waals surface area contributed by atoms with Gasteiger partial charge in [-0.05, 0) is 179 Å². The summed E-state index contributed by atoms with van der Waals surface area (Å²) in [7, 11) is 0. The Morgan fingerprint density at radius 2 is 0.742 bits per heavy atom. The summed E-state index contributed by atoms with van der Waals surface area (Å²) in [5.41, 5.74) is 13.7. The molecule has 0 atom stereocenters. The van der Waals surface area contributed by atoms with Gasteiger partial charge in [-0.3, -0.25) is 4.85 Å². The second kappa shape index (κ2) is 13.0. The van der Waals surface area contributed by atoms with Crippen LogP contribution in [0.1, 0.15) is 11.1 Å². The third kappa shape index (κ3) is 4.57. The van der Waals surface area contributed by atoms with Gasteiger partial charge < -0.3 is 0 Å². The van der Waals surface area contributed by atoms with Crippen molar-refractivity contribution >= 4 is 86.8 Å². The predicted molar refractivity (Wildman–Crippen MR) is 271 cm³/mol. The van der Waals surface area contributed by atoms with E-state index in [1.165, 1.54) is 32.7 Å². The summed E-state index contributed by atoms with van der Waals surface area (Å²) in [6.07, 6.45) is 0. The number of fused-ring (bicyclic) bond motifs is 13. The summed E-state index contributed by atoms with van der Waals surface area (Å²) >= 11 is 0. The fourth-order valence-corrected chi connectivity index (χ4v) is 11.6. The van der Waals surface area contributed by atoms with Gasteiger partial charge in [0, 0.05) is 5.56 Å². The van der Waals surface area contributed by atoms with Gasteiger partial charge in [-0.2, -0.15) is 10.5 Å². The second-order valence-corrected chi connectivity index (χ2v) is 17.4. The average molecular weight is 829 g/mol. The molecule has 0 amide bonds. The third-order valence-electron chi connectivity index (χ3n) is 14.4. The van der Waals surface area contributed by atoms with Gasteiger partial charge >= 0.3 is 0 Å². The highest BCUT2D eigenvalue weighted by atomic mass is 14.8. The molecule has 2 aliphatic rings. The molecule has 4 heteroatoms. The second-order valence-electron chi connectivity index (χ2n) is 17.4. The highest BCUT2D eigenvalue weighted by Crippen LogP contribution is 2.56. The van der Waals surface area contributed by atoms with Crippen LogP contribution in [-0.2, 0) is 0 Å². The molecule has 0 aromatic heterocycles. The van der Waals surface area contributed by atoms with Gasteiger partial charge in [0.1, 0.15) is 12.1 Å². The van der Waals surface area contributed by atoms with Gasteiger partial charge in [0.15, 0.2) is 5.69 Å². The molecule has 0 spiro atoms. The Balaban J connectivity index is 1.24. The molecule has 0 N–H and O–H groups in total. The molecule has 0 fully saturated rings. The lowest BCUT2D eigenvalue weighted by molar-refractivity contribution is 1.44. The Bertz CT molecular complexity index is 4210. The summed E-state index contributed by atoms with van der Waals surface area (Å²) < 4.78 is 0. The standard InChI is InChI=1S/C62H28N4/c1-65-57-24-36-12-4-6-18-39(36)61(62(57)66-2)55-30-51-48-25-44-40-19-7-13-33-15-9-21-42(58(33)40)46(44)27-52(48)54(60-38-17-5-3-11-35(38)23-37(31-63)56(60)32-64)29-50(51)49-26-45-41-20-8-14-34-16-10-22-43(59(34)41)47(45)28-53(49)55/h3-30H. The van der Waals surface area contributed by atoms with Crippen molar-refractivity contribution < 1.29 is 0 Å². The van der Waals surface area contributed by atoms with Crippen LogP contribution in [0, 0.1) is 35.8 Å². The maximum absolute atomic E-state index is 11.0. The smallest absolute Gasteiger partial charge is 0.202 e. The number of benzene rings is 12. The van der Waals surface area contributed by atoms with Gasteiger partial charge in [0.25, 0.3) is 0 Å². The maximum Gasteiger partial charge on any atom is 0.202 e. The fraction of sp³-hybridized carbons (Fsp3) is 0. The van der Waals surface area contributed by atoms with E-state index in [1.54, 1.807) is 0 Å². The number of nitrogens with zero attached hydrogens (tertiary/aromatic N) is 4. The molecule has 12 aromatic rings. The van der Waals surface area contributed by atoms with Crippen LogP contribution in [0.5, 0.6) is 0 Å². The van der Waals surface area contributed by atoms with Crippen LogP contribution in [-0.4, -0.2) is 0 Å². The van der Waals surface area contributed by atoms with Crippen molar-refractivity contribution in [2.75, 3.05) is 0 Å². The average Bonchev–Trinajstić information content (AvgIpc) is 3.86. The predicted octanol–water partition coefficient (Wildman–Crippen LogP) is 17.2. The summed E-state index contributed by atoms with van der Waals surface area (Å²) in [4.78, 5) is 8.09. The lowest BCUT2D eigenvalue weighted by Gasteiger charge is -2.21. The Labute approximate surface area is 378 Å². The first-order chi connectivity index (χ1) is 32.6. The van der Waals surface area contributed by atoms with Gasteiger partial charge in [-0.15, -0.1) is 0 Å². The van der Waals surface area contributed by atoms with Crippen LogP contribution in [0.25, 0.3) is 152 Å². The zero-order valence-electron chi connectivity index (χ0n) is 35.0. The first-order valence-electron chi connectivity index (χ1n) is 21.8. The Morgan fingerprint density at radius 3 is 1.21 bits per heavy atom. The van der Waals surface area contributed by atoms with Crippen molar-refractivity contribution in [3.05, 3.63) is 204 Å². The monoisotopic (exact) mass is 828 g/mol. The third-order valence-corrected chi connectivity index (χ3v) is 14.4. The van der Waals surface area contributed by atoms with Crippen LogP contribution in [0.3, 0.4) is 0 Å². The van der Waals surface area contributed by atoms with E-state index in [4.69, 9.17) is 13.1 Å². The van der Waals surface area contributed by atoms with E-state index >= 15 is 0 Å². The summed E-state index contributed by atoms with van der Waals surface area (Å²) in [6.45, 7) is 16.9. The lowest BCUT2D eigenvalue weighted by Crippen LogP contribution is -1.96. The molecule has 0 saturated heterocycles. The maximum atomic E-state index is 11.0. The van der Waals surface area contributed by atoms with Crippen molar-refractivity contribution in [1.29, 1.82) is 10.5 Å². The van der Waals surface area contributed by atoms with E-state index in [-0.39, 0.29) is 0 Å². The minimum atomic E-state index is 0.322. The molecule has 296 valence electrons. The molecule has 4 nitrogen and oxygen atoms in total. The minimum Gasteiger partial charge on any atom is -0.250 e. The van der Waals surface area contributed by atoms with Gasteiger partial charge in [0.2, 0.25) is 5.69 Å². The molecule has 2 aliphatic carbocycles. The Hall–Kier alpha value is -9.58. The molecule has 0 radical (unpaired) electrons. The van der Waals surface area contributed by atoms with Crippen molar-refractivity contribution in [1.82, 2.24) is 0 Å². The quantitative estimate of drug-likeness (QED) is 0.129. The molecule has 0 aliphatic heterocycles. The molecule has 66 heavy (non-hydrogen) atoms. The van der Waals surface area contributed by atoms with Crippen LogP contribution >= 0.6 is 0 Å². The van der Waals surface area contributed by atoms with Crippen LogP contribution in [0.4, 0.5) is 11.4 Å². The lowest BCUT2D eigenvalue weighted by atomic mass is 9.82. The van der Waals surface area contributed by atoms with Crippen molar-refractivity contribution in [2.45, 2.75) is 0 Å². The normalized spacial score (nSPS) is 11.9. The van der Waals surface area contributed by atoms with E-state index in [1.807, 2.05) is 48.5 Å². The van der Waals surface area contributed by atoms with Crippen molar-refractivity contribution in [3.63, 3.8) is 0 Å². The minimum absolute atomic E-state index is 0.322. The molecule has 0 bridgehead atoms. The molecule has 0 saturated carbocycles. The SMILES string of the molecule is [C-]#[N+]c1cc2ccccc2c(-c2cc3c4cc5c(cc4c(-c4c(C#N)c(C#N)cc6ccccc46)cc3c3cc4c(cc23)-c2cccc3cccc-4c23)-c2cccc3cccc-5c23)c1[N+]#[C-]. The molecule has 12 aromatic carbocycles. The molecular weight excluding hydrogens is 801 g/mol. The highest BCUT2D eigenvalue weighted by molar-refractivity contribution is 6.31. The van der Waals surface area contributed by atoms with Gasteiger partial charge in [-0.1, -0.05) is 127 Å². The summed E-state index contributed by atoms with van der Waals surface area (Å²) in [6, 6.07) is 64.4. The van der Waals surface area contributed by atoms with Crippen LogP contribution < -0.4 is 0 Å². The fourth-order valence-electron chi connectivity index (χ4n) is 11.6. The first-order valence-corrected chi connectivity index (χ1v) is 21.8. The largest absolute Gasteiger partial charge is 0.250 e. The van der Waals surface area contributed by atoms with E-state index in [0.29, 0.717) is 22.5 Å². The first kappa shape index (κ1) is 36.0. The zero-order chi connectivity index (χ0) is 43.9. The summed E-state index contributed by atoms with van der Waals surface area (Å²) in [5, 5.41) is 35.9. The van der Waals surface area contributed by atoms with E-state index in [9.17, 15) is 10.5 Å². The van der Waals surface area contributed by atoms with Gasteiger partial charge in [0.05, 0.1) is 24.3 Å². The number of nitriles is 2. The highest BCUT2D eigenvalue weighted by Gasteiger charge is 2.29. The van der Waals surface area contributed by atoms with Crippen LogP contribution in [0.2, 0.25) is 0 Å². The number of hydrogen-bond acceptors (Lipinski definition) is 2. The molecular formula is C62H28N4. The van der Waals surface area contributed by atoms with Gasteiger partial charge in [-0.25, -0.2) is 4.85 Å². The Kier molecular flexibility index (Phi) is 7.08. The molecule has 14 rings (SSSR count). The van der Waals surface area contributed by atoms with Crippen LogP contribution in [0.15, 0.2) is 170 Å². The number of hydrogen-bond donors (Lipinski definition) is 0. The topological polar surface area (TPSA) is 56.3 Å². The summed E-state index contributed by atoms with van der Waals surface area (Å²) in [5.74, 6) is 0. The van der Waals surface area contributed by atoms with Crippen molar-refractivity contribution in [3.8, 4) is 78.9 Å². The molecule has 0 unspecified atom stereocenters. The van der Waals surface area contributed by atoms with E-state index in [2.05, 4.69) is 143 Å². The molecule has 0 heterocycles. The zero-order valence-corrected chi connectivity index (χ0v) is 35.0. The van der Waals surface area contributed by atoms with E-state index < -0.39 is 0 Å². The van der Waals surface area contributed by atoms with Crippen molar-refractivity contribution in [2.24, 2.45) is 0 Å². The Morgan fingerprint density at radius 1 is 0.333 bits per heavy atom.